The minimum atomic E-state index is -0.842. The minimum Gasteiger partial charge on any atom is -0.310 e. The molecule has 0 bridgehead atoms. The summed E-state index contributed by atoms with van der Waals surface area (Å²) >= 11 is 0. The molecule has 11 aromatic carbocycles. The second-order valence-corrected chi connectivity index (χ2v) is 20.8. The van der Waals surface area contributed by atoms with E-state index in [0.717, 1.165) is 84.2 Å². The molecule has 5 heteroatoms. The first-order chi connectivity index (χ1) is 38.4. The number of hydrogen-bond acceptors (Lipinski definition) is 5. The minimum absolute atomic E-state index is 0.324. The Labute approximate surface area is 456 Å². The van der Waals surface area contributed by atoms with Crippen LogP contribution in [-0.4, -0.2) is 15.0 Å². The standard InChI is InChI=1S/C73H53N5/c1-72(2)61-38-18-20-40-63(61)73(64-41-21-19-39-62(64)72)65-48-56(71-75-69(52-28-12-5-13-29-52)74-70(76-71)53-30-14-6-15-31-53)42-44-67(65)78(57-34-16-7-17-35-57)68-45-43-60(49-66(68)73)77(58-36-22-32-54(46-58)50-24-8-3-9-25-50)59-37-23-33-55(47-59)51-26-10-4-11-27-51/h3-49H,1-2H3. The number of hydrogen-bond donors (Lipinski definition) is 0. The van der Waals surface area contributed by atoms with Crippen LogP contribution >= 0.6 is 0 Å². The molecule has 1 aliphatic heterocycles. The molecule has 0 N–H and O–H groups in total. The highest BCUT2D eigenvalue weighted by Crippen LogP contribution is 2.64. The summed E-state index contributed by atoms with van der Waals surface area (Å²) in [5.74, 6) is 1.85. The molecule has 0 amide bonds. The summed E-state index contributed by atoms with van der Waals surface area (Å²) in [6, 6.07) is 103. The lowest BCUT2D eigenvalue weighted by atomic mass is 9.53. The van der Waals surface area contributed by atoms with E-state index < -0.39 is 5.41 Å². The van der Waals surface area contributed by atoms with E-state index >= 15 is 0 Å². The molecule has 14 rings (SSSR count). The molecule has 370 valence electrons. The summed E-state index contributed by atoms with van der Waals surface area (Å²) in [5, 5.41) is 0. The van der Waals surface area contributed by atoms with Gasteiger partial charge in [-0.25, -0.2) is 15.0 Å². The second-order valence-electron chi connectivity index (χ2n) is 20.8. The average Bonchev–Trinajstić information content (AvgIpc) is 3.70. The summed E-state index contributed by atoms with van der Waals surface area (Å²) in [6.07, 6.45) is 0. The van der Waals surface area contributed by atoms with E-state index in [0.29, 0.717) is 17.5 Å². The van der Waals surface area contributed by atoms with Gasteiger partial charge in [-0.15, -0.1) is 0 Å². The van der Waals surface area contributed by atoms with Crippen molar-refractivity contribution in [3.8, 4) is 56.4 Å². The van der Waals surface area contributed by atoms with Crippen LogP contribution in [0.1, 0.15) is 47.2 Å². The van der Waals surface area contributed by atoms with Gasteiger partial charge in [-0.05, 0) is 128 Å². The Kier molecular flexibility index (Phi) is 11.3. The molecule has 1 aromatic heterocycles. The first kappa shape index (κ1) is 46.6. The van der Waals surface area contributed by atoms with Crippen molar-refractivity contribution in [3.05, 3.63) is 318 Å². The lowest BCUT2D eigenvalue weighted by Crippen LogP contribution is -2.45. The van der Waals surface area contributed by atoms with Crippen LogP contribution in [0, 0.1) is 0 Å². The van der Waals surface area contributed by atoms with Crippen molar-refractivity contribution < 1.29 is 0 Å². The van der Waals surface area contributed by atoms with Gasteiger partial charge in [0, 0.05) is 44.9 Å². The molecule has 12 aromatic rings. The predicted octanol–water partition coefficient (Wildman–Crippen LogP) is 18.5. The fraction of sp³-hybridized carbons (Fsp3) is 0.0548. The monoisotopic (exact) mass is 999 g/mol. The van der Waals surface area contributed by atoms with E-state index in [-0.39, 0.29) is 5.41 Å². The van der Waals surface area contributed by atoms with Crippen molar-refractivity contribution in [3.63, 3.8) is 0 Å². The van der Waals surface area contributed by atoms with Crippen molar-refractivity contribution >= 4 is 34.1 Å². The Hall–Kier alpha value is -9.97. The van der Waals surface area contributed by atoms with Gasteiger partial charge in [0.1, 0.15) is 0 Å². The highest BCUT2D eigenvalue weighted by Gasteiger charge is 2.53. The summed E-state index contributed by atoms with van der Waals surface area (Å²) in [4.78, 5) is 20.7. The van der Waals surface area contributed by atoms with E-state index in [1.165, 1.54) is 22.3 Å². The molecule has 0 unspecified atom stereocenters. The quantitative estimate of drug-likeness (QED) is 0.144. The number of rotatable bonds is 9. The Balaban J connectivity index is 1.08. The van der Waals surface area contributed by atoms with E-state index in [9.17, 15) is 0 Å². The maximum absolute atomic E-state index is 5.33. The van der Waals surface area contributed by atoms with Gasteiger partial charge in [-0.3, -0.25) is 0 Å². The van der Waals surface area contributed by atoms with E-state index in [4.69, 9.17) is 15.0 Å². The van der Waals surface area contributed by atoms with E-state index in [2.05, 4.69) is 272 Å². The molecule has 0 saturated carbocycles. The molecule has 1 aliphatic carbocycles. The third-order valence-electron chi connectivity index (χ3n) is 15.9. The molecule has 5 nitrogen and oxygen atoms in total. The smallest absolute Gasteiger partial charge is 0.164 e. The maximum atomic E-state index is 5.33. The van der Waals surface area contributed by atoms with Gasteiger partial charge >= 0.3 is 0 Å². The van der Waals surface area contributed by atoms with Crippen LogP contribution in [-0.2, 0) is 10.8 Å². The SMILES string of the molecule is CC1(C)c2ccccc2C2(c3cc(-c4nc(-c5ccccc5)nc(-c5ccccc5)n4)ccc3N(c3ccccc3)c3ccc(N(c4cccc(-c5ccccc5)c4)c4cccc(-c5ccccc5)c4)cc32)c2ccccc21. The summed E-state index contributed by atoms with van der Waals surface area (Å²) in [6.45, 7) is 4.76. The number of anilines is 6. The number of aromatic nitrogens is 3. The number of fused-ring (bicyclic) bond motifs is 8. The zero-order valence-corrected chi connectivity index (χ0v) is 43.4. The number of nitrogens with zero attached hydrogens (tertiary/aromatic N) is 5. The first-order valence-corrected chi connectivity index (χ1v) is 26.8. The molecule has 0 atom stereocenters. The fourth-order valence-electron chi connectivity index (χ4n) is 12.3. The van der Waals surface area contributed by atoms with Crippen molar-refractivity contribution in [2.24, 2.45) is 0 Å². The third-order valence-corrected chi connectivity index (χ3v) is 15.9. The Morgan fingerprint density at radius 2 is 0.654 bits per heavy atom. The van der Waals surface area contributed by atoms with Crippen LogP contribution < -0.4 is 9.80 Å². The topological polar surface area (TPSA) is 45.2 Å². The Morgan fingerprint density at radius 3 is 1.14 bits per heavy atom. The summed E-state index contributed by atoms with van der Waals surface area (Å²) < 4.78 is 0. The van der Waals surface area contributed by atoms with Crippen LogP contribution in [0.4, 0.5) is 34.1 Å². The van der Waals surface area contributed by atoms with Gasteiger partial charge < -0.3 is 9.80 Å². The van der Waals surface area contributed by atoms with Crippen LogP contribution in [0.15, 0.2) is 285 Å². The Morgan fingerprint density at radius 1 is 0.282 bits per heavy atom. The highest BCUT2D eigenvalue weighted by atomic mass is 15.2. The molecular formula is C73H53N5. The summed E-state index contributed by atoms with van der Waals surface area (Å²) in [5.41, 5.74) is 19.9. The fourth-order valence-corrected chi connectivity index (χ4v) is 12.3. The van der Waals surface area contributed by atoms with Crippen molar-refractivity contribution in [1.82, 2.24) is 15.0 Å². The molecular weight excluding hydrogens is 947 g/mol. The average molecular weight is 1000 g/mol. The van der Waals surface area contributed by atoms with Crippen LogP contribution in [0.25, 0.3) is 56.4 Å². The molecule has 2 aliphatic rings. The Bertz CT molecular complexity index is 3990. The zero-order chi connectivity index (χ0) is 52.2. The second kappa shape index (κ2) is 19.0. The number of benzene rings is 11. The highest BCUT2D eigenvalue weighted by molar-refractivity contribution is 5.94. The van der Waals surface area contributed by atoms with Crippen molar-refractivity contribution in [1.29, 1.82) is 0 Å². The van der Waals surface area contributed by atoms with Crippen LogP contribution in [0.3, 0.4) is 0 Å². The maximum Gasteiger partial charge on any atom is 0.164 e. The van der Waals surface area contributed by atoms with E-state index in [1.807, 2.05) is 36.4 Å². The molecule has 1 spiro atoms. The number of para-hydroxylation sites is 1. The summed E-state index contributed by atoms with van der Waals surface area (Å²) in [7, 11) is 0. The zero-order valence-electron chi connectivity index (χ0n) is 43.4. The van der Waals surface area contributed by atoms with Crippen LogP contribution in [0.5, 0.6) is 0 Å². The largest absolute Gasteiger partial charge is 0.310 e. The van der Waals surface area contributed by atoms with Gasteiger partial charge in [0.05, 0.1) is 16.8 Å². The van der Waals surface area contributed by atoms with Gasteiger partial charge in [0.2, 0.25) is 0 Å². The van der Waals surface area contributed by atoms with Gasteiger partial charge in [-0.2, -0.15) is 0 Å². The normalized spacial score (nSPS) is 13.4. The molecule has 0 saturated heterocycles. The van der Waals surface area contributed by atoms with E-state index in [1.54, 1.807) is 0 Å². The molecule has 0 radical (unpaired) electrons. The van der Waals surface area contributed by atoms with Crippen molar-refractivity contribution in [2.75, 3.05) is 9.80 Å². The predicted molar refractivity (Wildman–Crippen MR) is 320 cm³/mol. The van der Waals surface area contributed by atoms with Crippen LogP contribution in [0.2, 0.25) is 0 Å². The lowest BCUT2D eigenvalue weighted by Gasteiger charge is -2.52. The van der Waals surface area contributed by atoms with Gasteiger partial charge in [0.15, 0.2) is 17.5 Å². The van der Waals surface area contributed by atoms with Crippen molar-refractivity contribution in [2.45, 2.75) is 24.7 Å². The molecule has 2 heterocycles. The third kappa shape index (κ3) is 7.73. The lowest BCUT2D eigenvalue weighted by molar-refractivity contribution is 0.556. The van der Waals surface area contributed by atoms with Gasteiger partial charge in [0.25, 0.3) is 0 Å². The first-order valence-electron chi connectivity index (χ1n) is 26.8. The molecule has 0 fully saturated rings. The molecule has 78 heavy (non-hydrogen) atoms. The van der Waals surface area contributed by atoms with Gasteiger partial charge in [-0.1, -0.05) is 226 Å².